The minimum atomic E-state index is -3.86. The summed E-state index contributed by atoms with van der Waals surface area (Å²) >= 11 is 6.38. The highest BCUT2D eigenvalue weighted by molar-refractivity contribution is 7.92. The smallest absolute Gasteiger partial charge is 0.244 e. The van der Waals surface area contributed by atoms with Crippen LogP contribution in [0, 0.1) is 0 Å². The van der Waals surface area contributed by atoms with Gasteiger partial charge >= 0.3 is 0 Å². The first-order valence-corrected chi connectivity index (χ1v) is 14.3. The number of nitrogens with one attached hydrogen (secondary N) is 1. The van der Waals surface area contributed by atoms with Gasteiger partial charge in [0.15, 0.2) is 0 Å². The van der Waals surface area contributed by atoms with Gasteiger partial charge in [0.1, 0.15) is 18.3 Å². The van der Waals surface area contributed by atoms with E-state index in [1.807, 2.05) is 20.8 Å². The average Bonchev–Trinajstić information content (AvgIpc) is 2.83. The standard InChI is InChI=1S/C26H36ClN3O5S/c1-6-19(4)28-26(32)22(7-2)29(17-20-13-9-10-14-21(20)27)25(31)18-30(36(5,33)34)23-15-11-12-16-24(23)35-8-3/h9-16,19,22H,6-8,17-18H2,1-5H3,(H,28,32). The van der Waals surface area contributed by atoms with Gasteiger partial charge in [-0.05, 0) is 50.5 Å². The molecule has 0 radical (unpaired) electrons. The van der Waals surface area contributed by atoms with Crippen molar-refractivity contribution in [3.05, 3.63) is 59.1 Å². The monoisotopic (exact) mass is 537 g/mol. The Balaban J connectivity index is 2.50. The summed E-state index contributed by atoms with van der Waals surface area (Å²) in [5.41, 5.74) is 0.910. The zero-order chi connectivity index (χ0) is 26.9. The Labute approximate surface area is 219 Å². The second kappa shape index (κ2) is 13.5. The molecule has 36 heavy (non-hydrogen) atoms. The molecular weight excluding hydrogens is 502 g/mol. The fourth-order valence-corrected chi connectivity index (χ4v) is 4.75. The summed E-state index contributed by atoms with van der Waals surface area (Å²) in [7, 11) is -3.86. The van der Waals surface area contributed by atoms with Crippen LogP contribution in [-0.2, 0) is 26.2 Å². The molecule has 0 heterocycles. The molecule has 8 nitrogen and oxygen atoms in total. The largest absolute Gasteiger partial charge is 0.492 e. The number of nitrogens with zero attached hydrogens (tertiary/aromatic N) is 2. The summed E-state index contributed by atoms with van der Waals surface area (Å²) in [6, 6.07) is 12.8. The van der Waals surface area contributed by atoms with Crippen molar-refractivity contribution < 1.29 is 22.7 Å². The summed E-state index contributed by atoms with van der Waals surface area (Å²) in [5.74, 6) is -0.483. The third-order valence-electron chi connectivity index (χ3n) is 5.80. The van der Waals surface area contributed by atoms with Crippen molar-refractivity contribution in [2.75, 3.05) is 23.7 Å². The predicted molar refractivity (Wildman–Crippen MR) is 144 cm³/mol. The molecular formula is C26H36ClN3O5S. The molecule has 2 atom stereocenters. The minimum Gasteiger partial charge on any atom is -0.492 e. The second-order valence-electron chi connectivity index (χ2n) is 8.53. The van der Waals surface area contributed by atoms with E-state index in [0.29, 0.717) is 29.4 Å². The Morgan fingerprint density at radius 1 is 1.03 bits per heavy atom. The van der Waals surface area contributed by atoms with Gasteiger partial charge < -0.3 is 15.0 Å². The molecule has 2 aromatic rings. The van der Waals surface area contributed by atoms with Crippen LogP contribution in [0.1, 0.15) is 46.1 Å². The molecule has 0 spiro atoms. The second-order valence-corrected chi connectivity index (χ2v) is 10.8. The number of hydrogen-bond donors (Lipinski definition) is 1. The number of hydrogen-bond acceptors (Lipinski definition) is 5. The van der Waals surface area contributed by atoms with Crippen molar-refractivity contribution in [3.8, 4) is 5.75 Å². The normalized spacial score (nSPS) is 12.9. The number of carbonyl (C=O) groups excluding carboxylic acids is 2. The van der Waals surface area contributed by atoms with E-state index in [1.165, 1.54) is 4.90 Å². The van der Waals surface area contributed by atoms with Crippen LogP contribution in [-0.4, -0.2) is 56.6 Å². The number of ether oxygens (including phenoxy) is 1. The Morgan fingerprint density at radius 3 is 2.25 bits per heavy atom. The van der Waals surface area contributed by atoms with Crippen LogP contribution < -0.4 is 14.4 Å². The number of benzene rings is 2. The third-order valence-corrected chi connectivity index (χ3v) is 7.29. The van der Waals surface area contributed by atoms with E-state index in [4.69, 9.17) is 16.3 Å². The average molecular weight is 538 g/mol. The van der Waals surface area contributed by atoms with Gasteiger partial charge in [0.25, 0.3) is 0 Å². The van der Waals surface area contributed by atoms with Crippen LogP contribution in [0.2, 0.25) is 5.02 Å². The molecule has 2 aromatic carbocycles. The molecule has 0 saturated heterocycles. The van der Waals surface area contributed by atoms with Gasteiger partial charge in [-0.15, -0.1) is 0 Å². The highest BCUT2D eigenvalue weighted by Gasteiger charge is 2.33. The number of anilines is 1. The van der Waals surface area contributed by atoms with Gasteiger partial charge in [0, 0.05) is 17.6 Å². The first kappa shape index (κ1) is 29.5. The lowest BCUT2D eigenvalue weighted by Crippen LogP contribution is -2.53. The first-order chi connectivity index (χ1) is 17.0. The summed E-state index contributed by atoms with van der Waals surface area (Å²) in [6.07, 6.45) is 2.11. The Hall–Kier alpha value is -2.78. The highest BCUT2D eigenvalue weighted by atomic mass is 35.5. The van der Waals surface area contributed by atoms with Crippen LogP contribution in [0.15, 0.2) is 48.5 Å². The van der Waals surface area contributed by atoms with Crippen LogP contribution in [0.5, 0.6) is 5.75 Å². The summed E-state index contributed by atoms with van der Waals surface area (Å²) in [5, 5.41) is 3.39. The number of carbonyl (C=O) groups is 2. The molecule has 0 aromatic heterocycles. The van der Waals surface area contributed by atoms with Crippen molar-refractivity contribution in [2.24, 2.45) is 0 Å². The van der Waals surface area contributed by atoms with Crippen molar-refractivity contribution in [2.45, 2.75) is 59.2 Å². The Kier molecular flexibility index (Phi) is 11.0. The number of sulfonamides is 1. The lowest BCUT2D eigenvalue weighted by atomic mass is 10.1. The van der Waals surface area contributed by atoms with E-state index >= 15 is 0 Å². The van der Waals surface area contributed by atoms with E-state index in [1.54, 1.807) is 55.5 Å². The van der Waals surface area contributed by atoms with E-state index < -0.39 is 28.5 Å². The maximum Gasteiger partial charge on any atom is 0.244 e. The molecule has 2 amide bonds. The Morgan fingerprint density at radius 2 is 1.67 bits per heavy atom. The third kappa shape index (κ3) is 7.86. The lowest BCUT2D eigenvalue weighted by Gasteiger charge is -2.33. The topological polar surface area (TPSA) is 96.0 Å². The van der Waals surface area contributed by atoms with E-state index in [0.717, 1.165) is 17.0 Å². The van der Waals surface area contributed by atoms with Gasteiger partial charge in [-0.1, -0.05) is 55.8 Å². The van der Waals surface area contributed by atoms with Crippen LogP contribution in [0.25, 0.3) is 0 Å². The van der Waals surface area contributed by atoms with E-state index in [2.05, 4.69) is 5.32 Å². The number of halogens is 1. The SMILES string of the molecule is CCOc1ccccc1N(CC(=O)N(Cc1ccccc1Cl)C(CC)C(=O)NC(C)CC)S(C)(=O)=O. The molecule has 0 aliphatic heterocycles. The van der Waals surface area contributed by atoms with Crippen molar-refractivity contribution in [3.63, 3.8) is 0 Å². The van der Waals surface area contributed by atoms with Gasteiger partial charge in [-0.2, -0.15) is 0 Å². The molecule has 0 saturated carbocycles. The van der Waals surface area contributed by atoms with Crippen LogP contribution in [0.4, 0.5) is 5.69 Å². The predicted octanol–water partition coefficient (Wildman–Crippen LogP) is 4.23. The van der Waals surface area contributed by atoms with Crippen molar-refractivity contribution in [1.82, 2.24) is 10.2 Å². The van der Waals surface area contributed by atoms with E-state index in [-0.39, 0.29) is 24.2 Å². The quantitative estimate of drug-likeness (QED) is 0.412. The van der Waals surface area contributed by atoms with Gasteiger partial charge in [0.2, 0.25) is 21.8 Å². The van der Waals surface area contributed by atoms with Crippen molar-refractivity contribution in [1.29, 1.82) is 0 Å². The minimum absolute atomic E-state index is 0.0512. The summed E-state index contributed by atoms with van der Waals surface area (Å²) < 4.78 is 32.3. The zero-order valence-corrected chi connectivity index (χ0v) is 23.1. The molecule has 2 rings (SSSR count). The molecule has 0 aliphatic rings. The highest BCUT2D eigenvalue weighted by Crippen LogP contribution is 2.30. The summed E-state index contributed by atoms with van der Waals surface area (Å²) in [4.78, 5) is 28.3. The molecule has 0 bridgehead atoms. The maximum atomic E-state index is 13.8. The van der Waals surface area contributed by atoms with E-state index in [9.17, 15) is 18.0 Å². The summed E-state index contributed by atoms with van der Waals surface area (Å²) in [6.45, 7) is 7.33. The molecule has 0 fully saturated rings. The molecule has 10 heteroatoms. The number of rotatable bonds is 13. The van der Waals surface area contributed by atoms with Crippen LogP contribution >= 0.6 is 11.6 Å². The number of para-hydroxylation sites is 2. The number of amides is 2. The molecule has 0 aliphatic carbocycles. The maximum absolute atomic E-state index is 13.8. The van der Waals surface area contributed by atoms with Gasteiger partial charge in [-0.3, -0.25) is 13.9 Å². The van der Waals surface area contributed by atoms with Gasteiger partial charge in [-0.25, -0.2) is 8.42 Å². The Bertz CT molecular complexity index is 1140. The lowest BCUT2D eigenvalue weighted by molar-refractivity contribution is -0.140. The fourth-order valence-electron chi connectivity index (χ4n) is 3.71. The van der Waals surface area contributed by atoms with Gasteiger partial charge in [0.05, 0.1) is 18.6 Å². The first-order valence-electron chi connectivity index (χ1n) is 12.1. The fraction of sp³-hybridized carbons (Fsp3) is 0.462. The molecule has 2 unspecified atom stereocenters. The zero-order valence-electron chi connectivity index (χ0n) is 21.5. The van der Waals surface area contributed by atoms with Crippen LogP contribution in [0.3, 0.4) is 0 Å². The molecule has 198 valence electrons. The molecule has 1 N–H and O–H groups in total. The van der Waals surface area contributed by atoms with Crippen molar-refractivity contribution >= 4 is 39.1 Å².